The van der Waals surface area contributed by atoms with Gasteiger partial charge < -0.3 is 15.6 Å². The molecule has 2 heterocycles. The Bertz CT molecular complexity index is 1270. The van der Waals surface area contributed by atoms with Crippen LogP contribution in [0.5, 0.6) is 0 Å². The Hall–Kier alpha value is -3.41. The zero-order valence-electron chi connectivity index (χ0n) is 20.5. The molecule has 0 saturated heterocycles. The lowest BCUT2D eigenvalue weighted by Crippen LogP contribution is -2.22. The van der Waals surface area contributed by atoms with Gasteiger partial charge in [0.05, 0.1) is 11.0 Å². The number of aromatic nitrogens is 3. The van der Waals surface area contributed by atoms with Crippen LogP contribution >= 0.6 is 0 Å². The zero-order valence-corrected chi connectivity index (χ0v) is 20.5. The van der Waals surface area contributed by atoms with Crippen LogP contribution in [-0.2, 0) is 24.3 Å². The molecule has 0 aliphatic rings. The van der Waals surface area contributed by atoms with Gasteiger partial charge in [-0.1, -0.05) is 69.7 Å². The van der Waals surface area contributed by atoms with Crippen LogP contribution in [0.1, 0.15) is 63.4 Å². The van der Waals surface area contributed by atoms with Crippen molar-refractivity contribution < 1.29 is 4.79 Å². The van der Waals surface area contributed by atoms with Gasteiger partial charge in [0, 0.05) is 31.3 Å². The summed E-state index contributed by atoms with van der Waals surface area (Å²) < 4.78 is 2.30. The van der Waals surface area contributed by atoms with Gasteiger partial charge in [0.25, 0.3) is 0 Å². The van der Waals surface area contributed by atoms with Gasteiger partial charge in [-0.15, -0.1) is 0 Å². The number of nitrogen functional groups attached to an aromatic ring is 1. The maximum atomic E-state index is 12.0. The van der Waals surface area contributed by atoms with E-state index in [0.29, 0.717) is 31.2 Å². The number of fused-ring (bicyclic) bond motifs is 3. The van der Waals surface area contributed by atoms with Gasteiger partial charge >= 0.3 is 0 Å². The fourth-order valence-electron chi connectivity index (χ4n) is 4.25. The highest BCUT2D eigenvalue weighted by atomic mass is 16.1. The van der Waals surface area contributed by atoms with Crippen molar-refractivity contribution in [3.05, 3.63) is 65.5 Å². The Balaban J connectivity index is 1.59. The average molecular weight is 458 g/mol. The second kappa shape index (κ2) is 10.7. The molecule has 0 bridgehead atoms. The molecule has 0 aliphatic carbocycles. The van der Waals surface area contributed by atoms with E-state index in [1.54, 1.807) is 0 Å². The molecule has 6 heteroatoms. The predicted octanol–water partition coefficient (Wildman–Crippen LogP) is 5.61. The van der Waals surface area contributed by atoms with E-state index in [4.69, 9.17) is 10.7 Å². The summed E-state index contributed by atoms with van der Waals surface area (Å²) >= 11 is 0. The molecular formula is C28H35N5O. The maximum Gasteiger partial charge on any atom is 0.220 e. The summed E-state index contributed by atoms with van der Waals surface area (Å²) in [5.41, 5.74) is 11.3. The average Bonchev–Trinajstić information content (AvgIpc) is 3.20. The van der Waals surface area contributed by atoms with Gasteiger partial charge in [0.15, 0.2) is 5.82 Å². The molecule has 0 fully saturated rings. The first-order valence-electron chi connectivity index (χ1n) is 12.3. The second-order valence-corrected chi connectivity index (χ2v) is 9.45. The molecule has 2 aromatic heterocycles. The number of aryl methyl sites for hydroxylation is 1. The van der Waals surface area contributed by atoms with Crippen LogP contribution in [0.25, 0.3) is 21.9 Å². The lowest BCUT2D eigenvalue weighted by Gasteiger charge is -2.12. The Morgan fingerprint density at radius 1 is 1.06 bits per heavy atom. The number of rotatable bonds is 10. The van der Waals surface area contributed by atoms with Crippen LogP contribution in [0.15, 0.2) is 48.5 Å². The van der Waals surface area contributed by atoms with Crippen LogP contribution < -0.4 is 11.1 Å². The zero-order chi connectivity index (χ0) is 24.1. The number of para-hydroxylation sites is 1. The Morgan fingerprint density at radius 2 is 1.79 bits per heavy atom. The second-order valence-electron chi connectivity index (χ2n) is 9.45. The smallest absolute Gasteiger partial charge is 0.220 e. The number of benzene rings is 2. The van der Waals surface area contributed by atoms with Crippen molar-refractivity contribution in [2.24, 2.45) is 5.92 Å². The molecule has 0 unspecified atom stereocenters. The molecule has 4 aromatic rings. The van der Waals surface area contributed by atoms with E-state index in [1.165, 1.54) is 5.56 Å². The number of anilines is 1. The third-order valence-corrected chi connectivity index (χ3v) is 6.25. The van der Waals surface area contributed by atoms with Crippen molar-refractivity contribution in [2.45, 2.75) is 66.0 Å². The standard InChI is InChI=1S/C28H35N5O/c1-4-5-10-24-32-26-27(22-8-6-7-9-23(22)31-28(26)29)33(24)18-21-14-12-20(13-15-21)17-30-25(34)16-11-19(2)3/h6-9,12-15,19H,4-5,10-11,16-18H2,1-3H3,(H2,29,31)(H,30,34). The first-order valence-corrected chi connectivity index (χ1v) is 12.3. The van der Waals surface area contributed by atoms with E-state index in [1.807, 2.05) is 18.2 Å². The lowest BCUT2D eigenvalue weighted by atomic mass is 10.1. The highest BCUT2D eigenvalue weighted by Crippen LogP contribution is 2.30. The number of nitrogens with zero attached hydrogens (tertiary/aromatic N) is 3. The van der Waals surface area contributed by atoms with Gasteiger partial charge in [-0.25, -0.2) is 9.97 Å². The highest BCUT2D eigenvalue weighted by Gasteiger charge is 2.17. The SMILES string of the molecule is CCCCc1nc2c(N)nc3ccccc3c2n1Cc1ccc(CNC(=O)CCC(C)C)cc1. The van der Waals surface area contributed by atoms with Crippen LogP contribution in [0.3, 0.4) is 0 Å². The van der Waals surface area contributed by atoms with E-state index >= 15 is 0 Å². The fraction of sp³-hybridized carbons (Fsp3) is 0.393. The van der Waals surface area contributed by atoms with Crippen molar-refractivity contribution in [3.63, 3.8) is 0 Å². The number of imidazole rings is 1. The number of carbonyl (C=O) groups excluding carboxylic acids is 1. The number of pyridine rings is 1. The molecule has 3 N–H and O–H groups in total. The van der Waals surface area contributed by atoms with E-state index in [-0.39, 0.29) is 5.91 Å². The quantitative estimate of drug-likeness (QED) is 0.324. The molecule has 34 heavy (non-hydrogen) atoms. The minimum absolute atomic E-state index is 0.112. The van der Waals surface area contributed by atoms with Gasteiger partial charge in [0.1, 0.15) is 11.3 Å². The van der Waals surface area contributed by atoms with Crippen LogP contribution in [0.4, 0.5) is 5.82 Å². The number of carbonyl (C=O) groups is 1. The molecule has 0 radical (unpaired) electrons. The minimum Gasteiger partial charge on any atom is -0.382 e. The maximum absolute atomic E-state index is 12.0. The van der Waals surface area contributed by atoms with Crippen molar-refractivity contribution >= 4 is 33.7 Å². The topological polar surface area (TPSA) is 85.8 Å². The number of hydrogen-bond donors (Lipinski definition) is 2. The minimum atomic E-state index is 0.112. The molecule has 0 aliphatic heterocycles. The normalized spacial score (nSPS) is 11.5. The molecule has 4 rings (SSSR count). The number of amides is 1. The summed E-state index contributed by atoms with van der Waals surface area (Å²) in [6.07, 6.45) is 4.58. The van der Waals surface area contributed by atoms with Crippen LogP contribution in [-0.4, -0.2) is 20.4 Å². The fourth-order valence-corrected chi connectivity index (χ4v) is 4.25. The Morgan fingerprint density at radius 3 is 2.53 bits per heavy atom. The molecular weight excluding hydrogens is 422 g/mol. The largest absolute Gasteiger partial charge is 0.382 e. The summed E-state index contributed by atoms with van der Waals surface area (Å²) in [6, 6.07) is 16.6. The van der Waals surface area contributed by atoms with Crippen molar-refractivity contribution in [2.75, 3.05) is 5.73 Å². The van der Waals surface area contributed by atoms with E-state index < -0.39 is 0 Å². The molecule has 0 atom stereocenters. The first-order chi connectivity index (χ1) is 16.5. The lowest BCUT2D eigenvalue weighted by molar-refractivity contribution is -0.121. The van der Waals surface area contributed by atoms with E-state index in [9.17, 15) is 4.79 Å². The Kier molecular flexibility index (Phi) is 7.46. The van der Waals surface area contributed by atoms with Crippen molar-refractivity contribution in [3.8, 4) is 0 Å². The summed E-state index contributed by atoms with van der Waals surface area (Å²) in [5, 5.41) is 4.10. The Labute approximate surface area is 201 Å². The van der Waals surface area contributed by atoms with Gasteiger partial charge in [-0.2, -0.15) is 0 Å². The number of nitrogens with one attached hydrogen (secondary N) is 1. The number of nitrogens with two attached hydrogens (primary N) is 1. The summed E-state index contributed by atoms with van der Waals surface area (Å²) in [5.74, 6) is 2.17. The number of hydrogen-bond acceptors (Lipinski definition) is 4. The van der Waals surface area contributed by atoms with Gasteiger partial charge in [0.2, 0.25) is 5.91 Å². The number of unbranched alkanes of at least 4 members (excludes halogenated alkanes) is 1. The van der Waals surface area contributed by atoms with Crippen molar-refractivity contribution in [1.29, 1.82) is 0 Å². The molecule has 0 saturated carbocycles. The van der Waals surface area contributed by atoms with Gasteiger partial charge in [-0.3, -0.25) is 4.79 Å². The third kappa shape index (κ3) is 5.38. The third-order valence-electron chi connectivity index (χ3n) is 6.25. The summed E-state index contributed by atoms with van der Waals surface area (Å²) in [4.78, 5) is 21.5. The summed E-state index contributed by atoms with van der Waals surface area (Å²) in [7, 11) is 0. The monoisotopic (exact) mass is 457 g/mol. The van der Waals surface area contributed by atoms with Crippen molar-refractivity contribution in [1.82, 2.24) is 19.9 Å². The van der Waals surface area contributed by atoms with Gasteiger partial charge in [-0.05, 0) is 36.0 Å². The first kappa shape index (κ1) is 23.7. The van der Waals surface area contributed by atoms with Crippen LogP contribution in [0.2, 0.25) is 0 Å². The van der Waals surface area contributed by atoms with E-state index in [0.717, 1.165) is 59.0 Å². The molecule has 1 amide bonds. The molecule has 6 nitrogen and oxygen atoms in total. The summed E-state index contributed by atoms with van der Waals surface area (Å²) in [6.45, 7) is 7.73. The van der Waals surface area contributed by atoms with Crippen LogP contribution in [0, 0.1) is 5.92 Å². The molecule has 0 spiro atoms. The molecule has 2 aromatic carbocycles. The highest BCUT2D eigenvalue weighted by molar-refractivity contribution is 6.06. The predicted molar refractivity (Wildman–Crippen MR) is 140 cm³/mol. The molecule has 178 valence electrons. The van der Waals surface area contributed by atoms with E-state index in [2.05, 4.69) is 66.0 Å².